The van der Waals surface area contributed by atoms with Crippen molar-refractivity contribution in [3.8, 4) is 0 Å². The average Bonchev–Trinajstić information content (AvgIpc) is 2.92. The van der Waals surface area contributed by atoms with Crippen molar-refractivity contribution in [2.75, 3.05) is 0 Å². The normalized spacial score (nSPS) is 15.6. The predicted octanol–water partition coefficient (Wildman–Crippen LogP) is 5.16. The lowest BCUT2D eigenvalue weighted by Gasteiger charge is -2.10. The van der Waals surface area contributed by atoms with Crippen LogP contribution in [0.15, 0.2) is 97.1 Å². The van der Waals surface area contributed by atoms with Gasteiger partial charge in [-0.15, -0.1) is 0 Å². The first kappa shape index (κ1) is 24.4. The summed E-state index contributed by atoms with van der Waals surface area (Å²) >= 11 is 0. The van der Waals surface area contributed by atoms with Crippen molar-refractivity contribution >= 4 is 0 Å². The van der Waals surface area contributed by atoms with Crippen LogP contribution in [0.1, 0.15) is 44.5 Å². The van der Waals surface area contributed by atoms with Crippen LogP contribution in [0.25, 0.3) is 0 Å². The van der Waals surface area contributed by atoms with E-state index in [2.05, 4.69) is 118 Å². The third-order valence-electron chi connectivity index (χ3n) is 6.72. The van der Waals surface area contributed by atoms with E-state index in [1.165, 1.54) is 44.5 Å². The van der Waals surface area contributed by atoms with Crippen molar-refractivity contribution in [1.29, 1.82) is 0 Å². The monoisotopic (exact) mass is 476 g/mol. The van der Waals surface area contributed by atoms with Gasteiger partial charge in [0, 0.05) is 52.4 Å². The molecule has 0 saturated carbocycles. The standard InChI is InChI=1S/C32H36N4/c1-2-26-4-3-25(1)17-33-19-27-5-7-29(8-6-27)21-35-23-31-13-15-32(16-14-31)24-36-22-30-11-9-28(10-12-30)20-34-18-26/h1-16,33-36H,17-24H2. The summed E-state index contributed by atoms with van der Waals surface area (Å²) in [6.45, 7) is 6.98. The number of hydrogen-bond donors (Lipinski definition) is 4. The lowest BCUT2D eigenvalue weighted by atomic mass is 10.1. The van der Waals surface area contributed by atoms with E-state index in [1.54, 1.807) is 0 Å². The molecule has 0 aliphatic carbocycles. The molecule has 0 unspecified atom stereocenters. The number of rotatable bonds is 0. The van der Waals surface area contributed by atoms with Crippen LogP contribution < -0.4 is 21.3 Å². The van der Waals surface area contributed by atoms with E-state index in [-0.39, 0.29) is 0 Å². The number of hydrogen-bond acceptors (Lipinski definition) is 4. The summed E-state index contributed by atoms with van der Waals surface area (Å²) in [5.74, 6) is 0. The minimum absolute atomic E-state index is 0.872. The Morgan fingerprint density at radius 1 is 0.222 bits per heavy atom. The van der Waals surface area contributed by atoms with Crippen molar-refractivity contribution in [2.24, 2.45) is 0 Å². The lowest BCUT2D eigenvalue weighted by Crippen LogP contribution is -2.15. The van der Waals surface area contributed by atoms with Crippen LogP contribution in [0.5, 0.6) is 0 Å². The molecule has 36 heavy (non-hydrogen) atoms. The topological polar surface area (TPSA) is 48.1 Å². The molecule has 4 nitrogen and oxygen atoms in total. The van der Waals surface area contributed by atoms with Gasteiger partial charge in [0.2, 0.25) is 0 Å². The number of benzene rings is 4. The summed E-state index contributed by atoms with van der Waals surface area (Å²) in [5.41, 5.74) is 10.5. The first-order valence-electron chi connectivity index (χ1n) is 12.9. The molecule has 0 saturated heterocycles. The summed E-state index contributed by atoms with van der Waals surface area (Å²) in [7, 11) is 0. The van der Waals surface area contributed by atoms with Crippen LogP contribution in [-0.2, 0) is 52.4 Å². The molecular weight excluding hydrogens is 440 g/mol. The van der Waals surface area contributed by atoms with Gasteiger partial charge in [0.1, 0.15) is 0 Å². The highest BCUT2D eigenvalue weighted by Crippen LogP contribution is 2.10. The van der Waals surface area contributed by atoms with E-state index >= 15 is 0 Å². The third kappa shape index (κ3) is 7.36. The summed E-state index contributed by atoms with van der Waals surface area (Å²) in [6.07, 6.45) is 0. The largest absolute Gasteiger partial charge is 0.309 e. The average molecular weight is 477 g/mol. The molecule has 0 spiro atoms. The zero-order chi connectivity index (χ0) is 24.4. The Labute approximate surface area is 215 Å². The van der Waals surface area contributed by atoms with Crippen LogP contribution in [-0.4, -0.2) is 0 Å². The highest BCUT2D eigenvalue weighted by atomic mass is 14.9. The maximum absolute atomic E-state index is 3.57. The van der Waals surface area contributed by atoms with Gasteiger partial charge >= 0.3 is 0 Å². The second-order valence-corrected chi connectivity index (χ2v) is 9.68. The molecule has 4 aromatic carbocycles. The number of nitrogens with one attached hydrogen (secondary N) is 4. The minimum Gasteiger partial charge on any atom is -0.309 e. The van der Waals surface area contributed by atoms with E-state index < -0.39 is 0 Å². The first-order chi connectivity index (χ1) is 17.8. The molecular formula is C32H36N4. The molecule has 10 heterocycles. The van der Waals surface area contributed by atoms with Crippen molar-refractivity contribution in [3.05, 3.63) is 142 Å². The quantitative estimate of drug-likeness (QED) is 0.283. The molecule has 0 aromatic heterocycles. The Bertz CT molecular complexity index is 907. The molecule has 14 rings (SSSR count). The third-order valence-corrected chi connectivity index (χ3v) is 6.72. The molecule has 0 amide bonds. The summed E-state index contributed by atoms with van der Waals surface area (Å²) < 4.78 is 0. The SMILES string of the molecule is c1cc2ccc1CNCc1ccc(cc1)CNCc1ccc(cc1)CNCc1ccc(cc1)CNC2. The van der Waals surface area contributed by atoms with Gasteiger partial charge in [-0.25, -0.2) is 0 Å². The Hall–Kier alpha value is -3.28. The Kier molecular flexibility index (Phi) is 8.55. The van der Waals surface area contributed by atoms with Gasteiger partial charge in [0.05, 0.1) is 0 Å². The fourth-order valence-corrected chi connectivity index (χ4v) is 4.50. The van der Waals surface area contributed by atoms with Gasteiger partial charge in [-0.3, -0.25) is 0 Å². The van der Waals surface area contributed by atoms with E-state index in [0.717, 1.165) is 52.4 Å². The highest BCUT2D eigenvalue weighted by Gasteiger charge is 2.01. The van der Waals surface area contributed by atoms with Crippen molar-refractivity contribution in [1.82, 2.24) is 21.3 Å². The van der Waals surface area contributed by atoms with E-state index in [1.807, 2.05) is 0 Å². The zero-order valence-corrected chi connectivity index (χ0v) is 20.9. The van der Waals surface area contributed by atoms with Gasteiger partial charge in [-0.1, -0.05) is 97.1 Å². The Balaban J connectivity index is 1.23. The lowest BCUT2D eigenvalue weighted by molar-refractivity contribution is 0.678. The van der Waals surface area contributed by atoms with Gasteiger partial charge in [-0.2, -0.15) is 0 Å². The van der Waals surface area contributed by atoms with Crippen molar-refractivity contribution < 1.29 is 0 Å². The molecule has 10 aliphatic heterocycles. The van der Waals surface area contributed by atoms with Crippen LogP contribution in [0.3, 0.4) is 0 Å². The summed E-state index contributed by atoms with van der Waals surface area (Å²) in [4.78, 5) is 0. The zero-order valence-electron chi connectivity index (χ0n) is 20.9. The molecule has 10 aliphatic rings. The minimum atomic E-state index is 0.872. The van der Waals surface area contributed by atoms with Crippen LogP contribution in [0.4, 0.5) is 0 Å². The molecule has 0 atom stereocenters. The molecule has 0 fully saturated rings. The van der Waals surface area contributed by atoms with Crippen molar-refractivity contribution in [2.45, 2.75) is 52.4 Å². The summed E-state index contributed by atoms with van der Waals surface area (Å²) in [5, 5.41) is 14.3. The fraction of sp³-hybridized carbons (Fsp3) is 0.250. The highest BCUT2D eigenvalue weighted by molar-refractivity contribution is 5.26. The fourth-order valence-electron chi connectivity index (χ4n) is 4.50. The van der Waals surface area contributed by atoms with Crippen LogP contribution in [0.2, 0.25) is 0 Å². The maximum atomic E-state index is 3.57. The van der Waals surface area contributed by atoms with Gasteiger partial charge in [-0.05, 0) is 44.5 Å². The van der Waals surface area contributed by atoms with Gasteiger partial charge < -0.3 is 21.3 Å². The molecule has 4 heteroatoms. The van der Waals surface area contributed by atoms with Gasteiger partial charge in [0.25, 0.3) is 0 Å². The second-order valence-electron chi connectivity index (χ2n) is 9.68. The Morgan fingerprint density at radius 3 is 0.444 bits per heavy atom. The molecule has 0 radical (unpaired) electrons. The first-order valence-corrected chi connectivity index (χ1v) is 12.9. The van der Waals surface area contributed by atoms with E-state index in [0.29, 0.717) is 0 Å². The second kappa shape index (κ2) is 12.6. The van der Waals surface area contributed by atoms with Gasteiger partial charge in [0.15, 0.2) is 0 Å². The summed E-state index contributed by atoms with van der Waals surface area (Å²) in [6, 6.07) is 35.6. The molecule has 8 bridgehead atoms. The predicted molar refractivity (Wildman–Crippen MR) is 148 cm³/mol. The molecule has 4 N–H and O–H groups in total. The smallest absolute Gasteiger partial charge is 0.0208 e. The molecule has 184 valence electrons. The van der Waals surface area contributed by atoms with Crippen LogP contribution in [0, 0.1) is 0 Å². The van der Waals surface area contributed by atoms with E-state index in [4.69, 9.17) is 0 Å². The maximum Gasteiger partial charge on any atom is 0.0208 e. The van der Waals surface area contributed by atoms with Crippen molar-refractivity contribution in [3.63, 3.8) is 0 Å². The molecule has 4 aromatic rings. The van der Waals surface area contributed by atoms with E-state index in [9.17, 15) is 0 Å². The van der Waals surface area contributed by atoms with Crippen LogP contribution >= 0.6 is 0 Å². The Morgan fingerprint density at radius 2 is 0.333 bits per heavy atom.